The van der Waals surface area contributed by atoms with E-state index in [1.54, 1.807) is 0 Å². The zero-order chi connectivity index (χ0) is 19.6. The summed E-state index contributed by atoms with van der Waals surface area (Å²) >= 11 is 0. The summed E-state index contributed by atoms with van der Waals surface area (Å²) in [6.07, 6.45) is 0.606. The molecule has 6 nitrogen and oxygen atoms in total. The smallest absolute Gasteiger partial charge is 0.411 e. The number of rotatable bonds is 3. The number of hydrogen-bond donors (Lipinski definition) is 0. The van der Waals surface area contributed by atoms with Gasteiger partial charge in [-0.05, 0) is 45.3 Å². The maximum absolute atomic E-state index is 12.5. The number of likely N-dealkylation sites (tertiary alicyclic amines) is 1. The van der Waals surface area contributed by atoms with E-state index in [2.05, 4.69) is 33.9 Å². The lowest BCUT2D eigenvalue weighted by molar-refractivity contribution is -0.149. The number of ether oxygens (including phenoxy) is 2. The quantitative estimate of drug-likeness (QED) is 0.553. The Morgan fingerprint density at radius 3 is 2.08 bits per heavy atom. The molecule has 0 radical (unpaired) electrons. The van der Waals surface area contributed by atoms with Crippen LogP contribution in [0.4, 0.5) is 4.79 Å². The van der Waals surface area contributed by atoms with E-state index in [1.165, 1.54) is 12.0 Å². The molecule has 2 atom stereocenters. The Balaban J connectivity index is 2.89. The van der Waals surface area contributed by atoms with Crippen LogP contribution in [-0.2, 0) is 18.7 Å². The van der Waals surface area contributed by atoms with Crippen LogP contribution in [0.1, 0.15) is 54.4 Å². The van der Waals surface area contributed by atoms with Crippen molar-refractivity contribution in [1.82, 2.24) is 4.90 Å². The van der Waals surface area contributed by atoms with Crippen LogP contribution >= 0.6 is 0 Å². The van der Waals surface area contributed by atoms with Crippen molar-refractivity contribution < 1.29 is 23.5 Å². The molecular formula is C18H35NO5Si. The maximum atomic E-state index is 12.5. The molecule has 0 bridgehead atoms. The second kappa shape index (κ2) is 7.66. The molecule has 0 spiro atoms. The van der Waals surface area contributed by atoms with Crippen LogP contribution in [-0.4, -0.2) is 56.7 Å². The molecule has 0 aliphatic carbocycles. The third-order valence-electron chi connectivity index (χ3n) is 4.92. The topological polar surface area (TPSA) is 65.1 Å². The highest BCUT2D eigenvalue weighted by Crippen LogP contribution is 2.39. The van der Waals surface area contributed by atoms with Crippen molar-refractivity contribution in [2.24, 2.45) is 0 Å². The molecule has 1 fully saturated rings. The number of methoxy groups -OCH3 is 1. The van der Waals surface area contributed by atoms with Crippen molar-refractivity contribution in [1.29, 1.82) is 0 Å². The van der Waals surface area contributed by atoms with Crippen LogP contribution < -0.4 is 0 Å². The Bertz CT molecular complexity index is 493. The molecule has 2 unspecified atom stereocenters. The fourth-order valence-corrected chi connectivity index (χ4v) is 3.93. The molecule has 0 aromatic carbocycles. The molecule has 1 heterocycles. The lowest BCUT2D eigenvalue weighted by Gasteiger charge is -2.43. The highest BCUT2D eigenvalue weighted by molar-refractivity contribution is 6.74. The standard InChI is InChI=1S/C18H35NO5Si/c1-17(2,3)23-16(21)19-11-10-13(12-14(19)15(20)22-7)24-25(8,9)18(4,5)6/h13-14H,10-12H2,1-9H3. The van der Waals surface area contributed by atoms with E-state index >= 15 is 0 Å². The molecule has 1 aliphatic heterocycles. The summed E-state index contributed by atoms with van der Waals surface area (Å²) in [4.78, 5) is 26.2. The molecule has 0 N–H and O–H groups in total. The van der Waals surface area contributed by atoms with Crippen LogP contribution in [0.3, 0.4) is 0 Å². The summed E-state index contributed by atoms with van der Waals surface area (Å²) in [6, 6.07) is -0.664. The third kappa shape index (κ3) is 5.99. The van der Waals surface area contributed by atoms with E-state index in [-0.39, 0.29) is 11.1 Å². The van der Waals surface area contributed by atoms with Crippen LogP contribution in [0.5, 0.6) is 0 Å². The van der Waals surface area contributed by atoms with Gasteiger partial charge in [0.2, 0.25) is 0 Å². The molecule has 0 aromatic heterocycles. The first kappa shape index (κ1) is 22.0. The molecule has 1 amide bonds. The molecular weight excluding hydrogens is 338 g/mol. The molecule has 1 saturated heterocycles. The van der Waals surface area contributed by atoms with E-state index in [4.69, 9.17) is 13.9 Å². The Kier molecular flexibility index (Phi) is 6.73. The van der Waals surface area contributed by atoms with E-state index in [1.807, 2.05) is 20.8 Å². The van der Waals surface area contributed by atoms with Crippen molar-refractivity contribution in [2.75, 3.05) is 13.7 Å². The number of carbonyl (C=O) groups is 2. The van der Waals surface area contributed by atoms with E-state index in [0.717, 1.165) is 0 Å². The molecule has 1 rings (SSSR count). The summed E-state index contributed by atoms with van der Waals surface area (Å²) in [7, 11) is -0.600. The zero-order valence-electron chi connectivity index (χ0n) is 17.3. The zero-order valence-corrected chi connectivity index (χ0v) is 18.3. The van der Waals surface area contributed by atoms with Gasteiger partial charge >= 0.3 is 12.1 Å². The van der Waals surface area contributed by atoms with E-state index in [9.17, 15) is 9.59 Å². The number of esters is 1. The van der Waals surface area contributed by atoms with Gasteiger partial charge in [-0.25, -0.2) is 9.59 Å². The lowest BCUT2D eigenvalue weighted by Crippen LogP contribution is -2.55. The Morgan fingerprint density at radius 2 is 1.64 bits per heavy atom. The Hall–Kier alpha value is -1.08. The van der Waals surface area contributed by atoms with Crippen molar-refractivity contribution in [2.45, 2.75) is 90.3 Å². The van der Waals surface area contributed by atoms with Crippen molar-refractivity contribution in [3.05, 3.63) is 0 Å². The van der Waals surface area contributed by atoms with E-state index < -0.39 is 32.0 Å². The van der Waals surface area contributed by atoms with Crippen molar-refractivity contribution in [3.8, 4) is 0 Å². The van der Waals surface area contributed by atoms with Gasteiger partial charge in [-0.3, -0.25) is 4.90 Å². The third-order valence-corrected chi connectivity index (χ3v) is 9.46. The normalized spacial score (nSPS) is 22.5. The average molecular weight is 374 g/mol. The van der Waals surface area contributed by atoms with Gasteiger partial charge in [0.1, 0.15) is 11.6 Å². The van der Waals surface area contributed by atoms with Gasteiger partial charge in [0.05, 0.1) is 7.11 Å². The monoisotopic (exact) mass is 373 g/mol. The molecule has 146 valence electrons. The van der Waals surface area contributed by atoms with Crippen LogP contribution in [0.2, 0.25) is 18.1 Å². The summed E-state index contributed by atoms with van der Waals surface area (Å²) in [5.41, 5.74) is -0.605. The second-order valence-electron chi connectivity index (χ2n) is 9.24. The van der Waals surface area contributed by atoms with Gasteiger partial charge in [-0.1, -0.05) is 20.8 Å². The fraction of sp³-hybridized carbons (Fsp3) is 0.889. The SMILES string of the molecule is COC(=O)C1CC(O[Si](C)(C)C(C)(C)C)CCN1C(=O)OC(C)(C)C. The lowest BCUT2D eigenvalue weighted by atomic mass is 10.00. The number of piperidine rings is 1. The fourth-order valence-electron chi connectivity index (χ4n) is 2.53. The summed E-state index contributed by atoms with van der Waals surface area (Å²) < 4.78 is 16.8. The number of nitrogens with zero attached hydrogens (tertiary/aromatic N) is 1. The maximum Gasteiger partial charge on any atom is 0.411 e. The van der Waals surface area contributed by atoms with Crippen molar-refractivity contribution >= 4 is 20.4 Å². The first-order valence-corrected chi connectivity index (χ1v) is 11.8. The molecule has 7 heteroatoms. The Morgan fingerprint density at radius 1 is 1.08 bits per heavy atom. The van der Waals surface area contributed by atoms with Gasteiger partial charge in [0, 0.05) is 19.1 Å². The molecule has 0 aromatic rings. The van der Waals surface area contributed by atoms with Crippen LogP contribution in [0.15, 0.2) is 0 Å². The molecule has 25 heavy (non-hydrogen) atoms. The minimum absolute atomic E-state index is 0.0521. The van der Waals surface area contributed by atoms with Gasteiger partial charge < -0.3 is 13.9 Å². The molecule has 0 saturated carbocycles. The Labute approximate surface area is 153 Å². The summed E-state index contributed by atoms with van der Waals surface area (Å²) in [6.45, 7) is 16.8. The van der Waals surface area contributed by atoms with Gasteiger partial charge in [0.25, 0.3) is 0 Å². The van der Waals surface area contributed by atoms with Gasteiger partial charge in [-0.2, -0.15) is 0 Å². The summed E-state index contributed by atoms with van der Waals surface area (Å²) in [5, 5.41) is 0.0933. The first-order chi connectivity index (χ1) is 11.2. The van der Waals surface area contributed by atoms with Crippen LogP contribution in [0.25, 0.3) is 0 Å². The highest BCUT2D eigenvalue weighted by Gasteiger charge is 2.44. The minimum atomic E-state index is -1.94. The van der Waals surface area contributed by atoms with Crippen molar-refractivity contribution in [3.63, 3.8) is 0 Å². The first-order valence-electron chi connectivity index (χ1n) is 8.93. The minimum Gasteiger partial charge on any atom is -0.467 e. The van der Waals surface area contributed by atoms with E-state index in [0.29, 0.717) is 19.4 Å². The average Bonchev–Trinajstić information content (AvgIpc) is 2.42. The van der Waals surface area contributed by atoms with Gasteiger partial charge in [0.15, 0.2) is 8.32 Å². The predicted molar refractivity (Wildman–Crippen MR) is 100 cm³/mol. The number of carbonyl (C=O) groups excluding carboxylic acids is 2. The largest absolute Gasteiger partial charge is 0.467 e. The van der Waals surface area contributed by atoms with Gasteiger partial charge in [-0.15, -0.1) is 0 Å². The number of hydrogen-bond acceptors (Lipinski definition) is 5. The molecule has 1 aliphatic rings. The highest BCUT2D eigenvalue weighted by atomic mass is 28.4. The predicted octanol–water partition coefficient (Wildman–Crippen LogP) is 3.95. The van der Waals surface area contributed by atoms with Crippen LogP contribution in [0, 0.1) is 0 Å². The number of amides is 1. The summed E-state index contributed by atoms with van der Waals surface area (Å²) in [5.74, 6) is -0.422. The second-order valence-corrected chi connectivity index (χ2v) is 14.0.